The topological polar surface area (TPSA) is 84.2 Å². The average Bonchev–Trinajstić information content (AvgIpc) is 2.86. The van der Waals surface area contributed by atoms with E-state index in [2.05, 4.69) is 10.4 Å². The minimum absolute atomic E-state index is 0.182. The molecule has 0 radical (unpaired) electrons. The van der Waals surface area contributed by atoms with Crippen LogP contribution in [0.3, 0.4) is 0 Å². The van der Waals surface area contributed by atoms with Crippen LogP contribution in [0, 0.1) is 0 Å². The second-order valence-electron chi connectivity index (χ2n) is 4.75. The van der Waals surface area contributed by atoms with Gasteiger partial charge < -0.3 is 10.4 Å². The zero-order chi connectivity index (χ0) is 17.2. The highest BCUT2D eigenvalue weighted by molar-refractivity contribution is 6.03. The summed E-state index contributed by atoms with van der Waals surface area (Å²) in [6.45, 7) is -0.182. The molecule has 122 valence electrons. The molecular formula is C14H12F3N3O3. The Morgan fingerprint density at radius 3 is 2.65 bits per heavy atom. The fourth-order valence-electron chi connectivity index (χ4n) is 1.94. The minimum Gasteiger partial charge on any atom is -0.478 e. The lowest BCUT2D eigenvalue weighted by atomic mass is 10.1. The minimum atomic E-state index is -4.47. The van der Waals surface area contributed by atoms with E-state index in [0.29, 0.717) is 0 Å². The summed E-state index contributed by atoms with van der Waals surface area (Å²) in [5.41, 5.74) is -1.17. The number of aryl methyl sites for hydroxylation is 1. The fourth-order valence-corrected chi connectivity index (χ4v) is 1.94. The van der Waals surface area contributed by atoms with Gasteiger partial charge in [0.1, 0.15) is 5.56 Å². The third kappa shape index (κ3) is 3.87. The summed E-state index contributed by atoms with van der Waals surface area (Å²) in [5.74, 6) is -2.09. The van der Waals surface area contributed by atoms with E-state index in [1.54, 1.807) is 0 Å². The van der Waals surface area contributed by atoms with Crippen LogP contribution in [0.15, 0.2) is 30.5 Å². The molecule has 0 aliphatic rings. The van der Waals surface area contributed by atoms with Gasteiger partial charge in [0.2, 0.25) is 0 Å². The Labute approximate surface area is 128 Å². The predicted octanol–water partition coefficient (Wildman–Crippen LogP) is 2.07. The van der Waals surface area contributed by atoms with Crippen LogP contribution in [0.5, 0.6) is 0 Å². The smallest absolute Gasteiger partial charge is 0.416 e. The lowest BCUT2D eigenvalue weighted by Gasteiger charge is -2.09. The standard InChI is InChI=1S/C14H12F3N3O3/c1-20-7-10(13(22)23)11(19-20)12(21)18-6-8-3-2-4-9(5-8)14(15,16)17/h2-5,7H,6H2,1H3,(H,18,21)(H,22,23). The maximum absolute atomic E-state index is 12.6. The molecule has 2 rings (SSSR count). The molecule has 0 atom stereocenters. The van der Waals surface area contributed by atoms with Gasteiger partial charge in [0.05, 0.1) is 5.56 Å². The molecule has 1 aromatic heterocycles. The first-order valence-electron chi connectivity index (χ1n) is 6.39. The van der Waals surface area contributed by atoms with Crippen molar-refractivity contribution in [3.8, 4) is 0 Å². The number of carbonyl (C=O) groups is 2. The third-order valence-electron chi connectivity index (χ3n) is 2.98. The third-order valence-corrected chi connectivity index (χ3v) is 2.98. The normalized spacial score (nSPS) is 11.3. The van der Waals surface area contributed by atoms with Crippen LogP contribution >= 0.6 is 0 Å². The highest BCUT2D eigenvalue weighted by Gasteiger charge is 2.30. The van der Waals surface area contributed by atoms with Crippen LogP contribution in [0.1, 0.15) is 32.0 Å². The van der Waals surface area contributed by atoms with Gasteiger partial charge in [0.25, 0.3) is 5.91 Å². The van der Waals surface area contributed by atoms with Gasteiger partial charge in [0.15, 0.2) is 5.69 Å². The SMILES string of the molecule is Cn1cc(C(=O)O)c(C(=O)NCc2cccc(C(F)(F)F)c2)n1. The zero-order valence-corrected chi connectivity index (χ0v) is 11.9. The summed E-state index contributed by atoms with van der Waals surface area (Å²) in [5, 5.41) is 15.1. The number of aromatic carboxylic acids is 1. The maximum atomic E-state index is 12.6. The maximum Gasteiger partial charge on any atom is 0.416 e. The van der Waals surface area contributed by atoms with Crippen molar-refractivity contribution in [1.82, 2.24) is 15.1 Å². The number of amides is 1. The van der Waals surface area contributed by atoms with E-state index < -0.39 is 23.6 Å². The molecule has 9 heteroatoms. The van der Waals surface area contributed by atoms with Crippen LogP contribution in [0.25, 0.3) is 0 Å². The van der Waals surface area contributed by atoms with Crippen LogP contribution in [-0.4, -0.2) is 26.8 Å². The summed E-state index contributed by atoms with van der Waals surface area (Å²) in [6.07, 6.45) is -3.31. The van der Waals surface area contributed by atoms with E-state index in [0.717, 1.165) is 12.1 Å². The van der Waals surface area contributed by atoms with Gasteiger partial charge in [-0.05, 0) is 17.7 Å². The number of carbonyl (C=O) groups excluding carboxylic acids is 1. The van der Waals surface area contributed by atoms with E-state index in [1.807, 2.05) is 0 Å². The zero-order valence-electron chi connectivity index (χ0n) is 11.9. The Morgan fingerprint density at radius 1 is 1.35 bits per heavy atom. The molecule has 0 fully saturated rings. The molecule has 2 aromatic rings. The van der Waals surface area contributed by atoms with E-state index in [9.17, 15) is 22.8 Å². The molecule has 0 saturated heterocycles. The van der Waals surface area contributed by atoms with Crippen LogP contribution in [0.2, 0.25) is 0 Å². The highest BCUT2D eigenvalue weighted by Crippen LogP contribution is 2.29. The lowest BCUT2D eigenvalue weighted by Crippen LogP contribution is -2.25. The Kier molecular flexibility index (Phi) is 4.39. The first-order valence-corrected chi connectivity index (χ1v) is 6.39. The molecule has 0 spiro atoms. The van der Waals surface area contributed by atoms with Gasteiger partial charge in [-0.1, -0.05) is 12.1 Å². The quantitative estimate of drug-likeness (QED) is 0.900. The first-order chi connectivity index (χ1) is 10.7. The van der Waals surface area contributed by atoms with E-state index in [-0.39, 0.29) is 23.4 Å². The number of aromatic nitrogens is 2. The number of carboxylic acid groups (broad SMARTS) is 1. The Bertz CT molecular complexity index is 753. The number of nitrogens with one attached hydrogen (secondary N) is 1. The second-order valence-corrected chi connectivity index (χ2v) is 4.75. The molecule has 0 unspecified atom stereocenters. The molecule has 6 nitrogen and oxygen atoms in total. The first kappa shape index (κ1) is 16.5. The van der Waals surface area contributed by atoms with Gasteiger partial charge in [0, 0.05) is 19.8 Å². The lowest BCUT2D eigenvalue weighted by molar-refractivity contribution is -0.137. The monoisotopic (exact) mass is 327 g/mol. The number of hydrogen-bond donors (Lipinski definition) is 2. The number of nitrogens with zero attached hydrogens (tertiary/aromatic N) is 2. The van der Waals surface area contributed by atoms with Crippen LogP contribution in [0.4, 0.5) is 13.2 Å². The summed E-state index contributed by atoms with van der Waals surface area (Å²) in [6, 6.07) is 4.49. The van der Waals surface area contributed by atoms with Gasteiger partial charge in [-0.2, -0.15) is 18.3 Å². The Hall–Kier alpha value is -2.84. The molecule has 23 heavy (non-hydrogen) atoms. The largest absolute Gasteiger partial charge is 0.478 e. The van der Waals surface area contributed by atoms with Crippen molar-refractivity contribution in [2.45, 2.75) is 12.7 Å². The molecule has 1 heterocycles. The molecule has 1 aromatic carbocycles. The number of rotatable bonds is 4. The Morgan fingerprint density at radius 2 is 2.04 bits per heavy atom. The second kappa shape index (κ2) is 6.11. The highest BCUT2D eigenvalue weighted by atomic mass is 19.4. The summed E-state index contributed by atoms with van der Waals surface area (Å²) in [7, 11) is 1.45. The Balaban J connectivity index is 2.13. The van der Waals surface area contributed by atoms with Crippen LogP contribution < -0.4 is 5.32 Å². The van der Waals surface area contributed by atoms with E-state index in [4.69, 9.17) is 5.11 Å². The van der Waals surface area contributed by atoms with Crippen molar-refractivity contribution in [2.75, 3.05) is 0 Å². The van der Waals surface area contributed by atoms with Gasteiger partial charge in [-0.3, -0.25) is 9.48 Å². The van der Waals surface area contributed by atoms with Crippen molar-refractivity contribution in [1.29, 1.82) is 0 Å². The van der Waals surface area contributed by atoms with Crippen molar-refractivity contribution in [3.63, 3.8) is 0 Å². The number of halogens is 3. The molecule has 0 aliphatic heterocycles. The van der Waals surface area contributed by atoms with Gasteiger partial charge in [-0.15, -0.1) is 0 Å². The van der Waals surface area contributed by atoms with Crippen molar-refractivity contribution in [2.24, 2.45) is 7.05 Å². The summed E-state index contributed by atoms with van der Waals surface area (Å²) >= 11 is 0. The van der Waals surface area contributed by atoms with E-state index in [1.165, 1.54) is 30.1 Å². The van der Waals surface area contributed by atoms with Crippen molar-refractivity contribution < 1.29 is 27.9 Å². The van der Waals surface area contributed by atoms with Crippen molar-refractivity contribution in [3.05, 3.63) is 52.8 Å². The molecular weight excluding hydrogens is 315 g/mol. The summed E-state index contributed by atoms with van der Waals surface area (Å²) in [4.78, 5) is 23.0. The predicted molar refractivity (Wildman–Crippen MR) is 72.8 cm³/mol. The van der Waals surface area contributed by atoms with Crippen molar-refractivity contribution >= 4 is 11.9 Å². The van der Waals surface area contributed by atoms with E-state index >= 15 is 0 Å². The summed E-state index contributed by atoms with van der Waals surface area (Å²) < 4.78 is 39.0. The van der Waals surface area contributed by atoms with Crippen LogP contribution in [-0.2, 0) is 19.8 Å². The molecule has 0 aliphatic carbocycles. The van der Waals surface area contributed by atoms with Gasteiger partial charge >= 0.3 is 12.1 Å². The number of carboxylic acids is 1. The van der Waals surface area contributed by atoms with Gasteiger partial charge in [-0.25, -0.2) is 4.79 Å². The molecule has 1 amide bonds. The number of hydrogen-bond acceptors (Lipinski definition) is 3. The molecule has 0 bridgehead atoms. The molecule has 0 saturated carbocycles. The molecule has 2 N–H and O–H groups in total. The number of benzene rings is 1. The fraction of sp³-hybridized carbons (Fsp3) is 0.214. The number of alkyl halides is 3. The average molecular weight is 327 g/mol.